The summed E-state index contributed by atoms with van der Waals surface area (Å²) in [4.78, 5) is 35.5. The average Bonchev–Trinajstić information content (AvgIpc) is 2.34. The van der Waals surface area contributed by atoms with Gasteiger partial charge < -0.3 is 39.8 Å². The van der Waals surface area contributed by atoms with Crippen LogP contribution in [0.4, 0.5) is 0 Å². The van der Waals surface area contributed by atoms with Gasteiger partial charge in [-0.3, -0.25) is 13.7 Å². The zero-order chi connectivity index (χ0) is 19.2. The van der Waals surface area contributed by atoms with Crippen molar-refractivity contribution >= 4 is 25.3 Å². The quantitative estimate of drug-likeness (QED) is 0.0914. The molecule has 24 heavy (non-hydrogen) atoms. The molecule has 13 nitrogen and oxygen atoms in total. The van der Waals surface area contributed by atoms with Crippen molar-refractivity contribution < 1.29 is 56.6 Å². The van der Waals surface area contributed by atoms with E-state index in [-0.39, 0.29) is 19.6 Å². The second kappa shape index (κ2) is 9.12. The van der Waals surface area contributed by atoms with Crippen LogP contribution in [0.1, 0.15) is 6.42 Å². The van der Waals surface area contributed by atoms with E-state index in [9.17, 15) is 27.8 Å². The Labute approximate surface area is 137 Å². The molecule has 0 radical (unpaired) electrons. The lowest BCUT2D eigenvalue weighted by Gasteiger charge is -2.29. The second-order valence-corrected chi connectivity index (χ2v) is 10.4. The van der Waals surface area contributed by atoms with E-state index in [4.69, 9.17) is 28.9 Å². The first-order valence-electron chi connectivity index (χ1n) is 6.35. The molecule has 1 atom stereocenters. The van der Waals surface area contributed by atoms with E-state index in [0.717, 1.165) is 0 Å². The van der Waals surface area contributed by atoms with Crippen LogP contribution in [0.25, 0.3) is 0 Å². The van der Waals surface area contributed by atoms with Crippen molar-refractivity contribution in [1.82, 2.24) is 5.32 Å². The minimum absolute atomic E-state index is 0.0326. The van der Waals surface area contributed by atoms with Crippen molar-refractivity contribution in [2.24, 2.45) is 0 Å². The fourth-order valence-electron chi connectivity index (χ4n) is 1.40. The largest absolute Gasteiger partial charge is 0.389 e. The number of aliphatic hydroxyl groups is 2. The van der Waals surface area contributed by atoms with Crippen LogP contribution in [-0.4, -0.2) is 86.0 Å². The zero-order valence-electron chi connectivity index (χ0n) is 12.3. The lowest BCUT2D eigenvalue weighted by atomic mass is 10.3. The summed E-state index contributed by atoms with van der Waals surface area (Å²) in [6.07, 6.45) is -1.30. The Hall–Kier alpha value is 0.0500. The van der Waals surface area contributed by atoms with Crippen molar-refractivity contribution in [1.29, 1.82) is 0 Å². The van der Waals surface area contributed by atoms with Gasteiger partial charge in [-0.15, -0.1) is 0 Å². The summed E-state index contributed by atoms with van der Waals surface area (Å²) in [5.41, 5.74) is 0. The molecule has 1 unspecified atom stereocenters. The average molecular weight is 417 g/mol. The fourth-order valence-corrected chi connectivity index (χ4v) is 3.88. The van der Waals surface area contributed by atoms with Crippen LogP contribution < -0.4 is 5.32 Å². The van der Waals surface area contributed by atoms with E-state index in [0.29, 0.717) is 0 Å². The summed E-state index contributed by atoms with van der Waals surface area (Å²) in [5, 5.41) is 17.5. The molecule has 0 saturated heterocycles. The smallest absolute Gasteiger partial charge is 0.370 e. The predicted octanol–water partition coefficient (Wildman–Crippen LogP) is -2.77. The lowest BCUT2D eigenvalue weighted by molar-refractivity contribution is 0.0351. The molecule has 146 valence electrons. The third kappa shape index (κ3) is 8.43. The van der Waals surface area contributed by atoms with Crippen molar-refractivity contribution in [3.8, 4) is 0 Å². The molecule has 8 N–H and O–H groups in total. The Morgan fingerprint density at radius 3 is 2.04 bits per heavy atom. The highest BCUT2D eigenvalue weighted by Crippen LogP contribution is 2.66. The number of hydrogen-bond donors (Lipinski definition) is 8. The van der Waals surface area contributed by atoms with Crippen LogP contribution in [-0.2, 0) is 24.0 Å². The highest BCUT2D eigenvalue weighted by atomic mass is 32.2. The van der Waals surface area contributed by atoms with E-state index < -0.39 is 55.3 Å². The van der Waals surface area contributed by atoms with Gasteiger partial charge in [-0.1, -0.05) is 0 Å². The van der Waals surface area contributed by atoms with E-state index in [1.54, 1.807) is 0 Å². The molecule has 0 bridgehead atoms. The van der Waals surface area contributed by atoms with Crippen LogP contribution >= 0.6 is 15.2 Å². The van der Waals surface area contributed by atoms with E-state index in [1.165, 1.54) is 0 Å². The summed E-state index contributed by atoms with van der Waals surface area (Å²) < 4.78 is 56.3. The molecular weight excluding hydrogens is 396 g/mol. The molecule has 0 saturated carbocycles. The van der Waals surface area contributed by atoms with Gasteiger partial charge in [0, 0.05) is 19.7 Å². The van der Waals surface area contributed by atoms with Gasteiger partial charge >= 0.3 is 15.2 Å². The Morgan fingerprint density at radius 1 is 1.12 bits per heavy atom. The van der Waals surface area contributed by atoms with E-state index in [1.807, 2.05) is 0 Å². The van der Waals surface area contributed by atoms with Gasteiger partial charge in [0.1, 0.15) is 0 Å². The molecule has 0 rings (SSSR count). The first-order chi connectivity index (χ1) is 10.6. The van der Waals surface area contributed by atoms with Crippen LogP contribution in [0, 0.1) is 0 Å². The number of hydrogen-bond acceptors (Lipinski definition) is 8. The molecule has 16 heteroatoms. The van der Waals surface area contributed by atoms with Gasteiger partial charge in [0.15, 0.2) is 0 Å². The highest BCUT2D eigenvalue weighted by Gasteiger charge is 2.59. The van der Waals surface area contributed by atoms with Gasteiger partial charge in [-0.05, 0) is 6.42 Å². The number of ether oxygens (including phenoxy) is 1. The summed E-state index contributed by atoms with van der Waals surface area (Å²) in [5.74, 6) is -0.529. The third-order valence-electron chi connectivity index (χ3n) is 2.68. The van der Waals surface area contributed by atoms with Crippen molar-refractivity contribution in [2.45, 2.75) is 17.6 Å². The number of aliphatic hydroxyl groups excluding tert-OH is 1. The molecule has 0 amide bonds. The Balaban J connectivity index is 4.25. The SMILES string of the molecule is O=P(O)(O)C(O)(CNCC(O)COCCCS(=O)(=O)O)P(=O)(O)O. The van der Waals surface area contributed by atoms with Gasteiger partial charge in [-0.2, -0.15) is 8.42 Å². The predicted molar refractivity (Wildman–Crippen MR) is 79.8 cm³/mol. The fraction of sp³-hybridized carbons (Fsp3) is 1.00. The topological polar surface area (TPSA) is 231 Å². The van der Waals surface area contributed by atoms with Crippen molar-refractivity contribution in [3.05, 3.63) is 0 Å². The molecule has 0 aromatic rings. The van der Waals surface area contributed by atoms with Gasteiger partial charge in [0.05, 0.1) is 18.5 Å². The lowest BCUT2D eigenvalue weighted by Crippen LogP contribution is -2.43. The zero-order valence-corrected chi connectivity index (χ0v) is 14.9. The Kier molecular flexibility index (Phi) is 9.14. The first kappa shape index (κ1) is 24.1. The monoisotopic (exact) mass is 417 g/mol. The molecule has 0 spiro atoms. The molecular formula is C8H21NO12P2S. The highest BCUT2D eigenvalue weighted by molar-refractivity contribution is 7.85. The molecule has 0 aromatic heterocycles. The summed E-state index contributed by atoms with van der Waals surface area (Å²) in [6, 6.07) is 0. The Bertz CT molecular complexity index is 560. The van der Waals surface area contributed by atoms with Gasteiger partial charge in [0.2, 0.25) is 0 Å². The first-order valence-corrected chi connectivity index (χ1v) is 11.2. The molecule has 0 aromatic carbocycles. The molecule has 0 heterocycles. The van der Waals surface area contributed by atoms with Crippen LogP contribution in [0.5, 0.6) is 0 Å². The van der Waals surface area contributed by atoms with Crippen LogP contribution in [0.15, 0.2) is 0 Å². The van der Waals surface area contributed by atoms with Crippen LogP contribution in [0.2, 0.25) is 0 Å². The van der Waals surface area contributed by atoms with Gasteiger partial charge in [-0.25, -0.2) is 0 Å². The van der Waals surface area contributed by atoms with Crippen molar-refractivity contribution in [2.75, 3.05) is 32.1 Å². The number of nitrogens with one attached hydrogen (secondary N) is 1. The van der Waals surface area contributed by atoms with Crippen LogP contribution in [0.3, 0.4) is 0 Å². The second-order valence-electron chi connectivity index (χ2n) is 4.86. The maximum Gasteiger partial charge on any atom is 0.370 e. The van der Waals surface area contributed by atoms with E-state index in [2.05, 4.69) is 5.32 Å². The van der Waals surface area contributed by atoms with Gasteiger partial charge in [0.25, 0.3) is 15.2 Å². The standard InChI is InChI=1S/C8H21NO12P2S/c10-7(5-21-2-1-3-24(18,19)20)4-9-6-8(11,22(12,13)14)23(15,16)17/h7,9-11H,1-6H2,(H2,12,13,14)(H2,15,16,17)(H,18,19,20). The maximum absolute atomic E-state index is 11.1. The number of rotatable bonds is 12. The normalized spacial score (nSPS) is 15.5. The van der Waals surface area contributed by atoms with E-state index >= 15 is 0 Å². The minimum Gasteiger partial charge on any atom is -0.389 e. The summed E-state index contributed by atoms with van der Waals surface area (Å²) in [6.45, 7) is -2.06. The maximum atomic E-state index is 11.1. The molecule has 0 aliphatic carbocycles. The molecule has 0 aliphatic heterocycles. The Morgan fingerprint density at radius 2 is 1.62 bits per heavy atom. The minimum atomic E-state index is -5.58. The summed E-state index contributed by atoms with van der Waals surface area (Å²) >= 11 is 0. The summed E-state index contributed by atoms with van der Waals surface area (Å²) in [7, 11) is -15.3. The molecule has 0 aliphatic rings. The molecule has 0 fully saturated rings. The third-order valence-corrected chi connectivity index (χ3v) is 7.23. The van der Waals surface area contributed by atoms with Crippen molar-refractivity contribution in [3.63, 3.8) is 0 Å².